The summed E-state index contributed by atoms with van der Waals surface area (Å²) in [6, 6.07) is 4.28. The number of aliphatic hydroxyl groups excluding tert-OH is 4. The molecule has 1 aliphatic rings. The normalized spacial score (nSPS) is 28.5. The molecule has 0 spiro atoms. The molecule has 0 radical (unpaired) electrons. The number of hydrogen-bond donors (Lipinski definition) is 4. The number of ether oxygens (including phenoxy) is 1. The van der Waals surface area contributed by atoms with Crippen molar-refractivity contribution in [2.45, 2.75) is 29.9 Å². The molecule has 2 rings (SSSR count). The second-order valence-corrected chi connectivity index (χ2v) is 8.13. The van der Waals surface area contributed by atoms with Crippen LogP contribution in [0.5, 0.6) is 0 Å². The summed E-state index contributed by atoms with van der Waals surface area (Å²) in [6.07, 6.45) is -6.12. The van der Waals surface area contributed by atoms with Gasteiger partial charge in [0.05, 0.1) is 16.7 Å². The Bertz CT molecular complexity index is 811. The van der Waals surface area contributed by atoms with E-state index in [2.05, 4.69) is 9.44 Å². The number of aliphatic hydroxyl groups is 4. The van der Waals surface area contributed by atoms with E-state index >= 15 is 0 Å². The monoisotopic (exact) mass is 501 g/mol. The smallest absolute Gasteiger partial charge is 0.714 e. The summed E-state index contributed by atoms with van der Waals surface area (Å²) in [4.78, 5) is 0. The van der Waals surface area contributed by atoms with Gasteiger partial charge in [-0.15, -0.1) is 0 Å². The second kappa shape index (κ2) is 11.5. The third-order valence-electron chi connectivity index (χ3n) is 3.47. The molecule has 1 heterocycles. The van der Waals surface area contributed by atoms with Crippen molar-refractivity contribution >= 4 is 50.4 Å². The summed E-state index contributed by atoms with van der Waals surface area (Å²) >= 11 is 12.5. The fraction of sp³-hybridized carbons (Fsp3) is 0.462. The van der Waals surface area contributed by atoms with Gasteiger partial charge in [-0.25, -0.2) is 0 Å². The van der Waals surface area contributed by atoms with Crippen molar-refractivity contribution in [3.63, 3.8) is 0 Å². The maximum atomic E-state index is 10.7. The zero-order valence-electron chi connectivity index (χ0n) is 14.2. The molecule has 1 aromatic carbocycles. The molecule has 4 N–H and O–H groups in total. The number of hydrogen-bond acceptors (Lipinski definition) is 11. The van der Waals surface area contributed by atoms with Gasteiger partial charge in [-0.3, -0.25) is 4.28 Å². The van der Waals surface area contributed by atoms with E-state index in [9.17, 15) is 33.4 Å². The standard InChI is InChI=1S/C13H15Cl2NO9S2.K/c14-6-3-1-2-5(8(6)15)12(16-25-27(21,22)23)26-13-11(20)10(19)9(18)7(4-17)24-13;/h1-3,7,9-11,13,17-20H,4H2,(H,21,22,23);/q;+1/p-1/b16-12-;/t7-,9-,10+,11-,13+;/m1./s1. The Morgan fingerprint density at radius 1 is 1.25 bits per heavy atom. The molecule has 10 nitrogen and oxygen atoms in total. The number of nitrogens with zero attached hydrogens (tertiary/aromatic N) is 1. The molecule has 152 valence electrons. The molecule has 1 aliphatic heterocycles. The summed E-state index contributed by atoms with van der Waals surface area (Å²) in [5.41, 5.74) is -1.28. The quantitative estimate of drug-likeness (QED) is 0.0798. The van der Waals surface area contributed by atoms with Gasteiger partial charge in [0.1, 0.15) is 34.9 Å². The Kier molecular flexibility index (Phi) is 11.1. The minimum Gasteiger partial charge on any atom is -0.714 e. The Labute approximate surface area is 217 Å². The zero-order valence-corrected chi connectivity index (χ0v) is 20.4. The van der Waals surface area contributed by atoms with Crippen molar-refractivity contribution in [2.24, 2.45) is 5.16 Å². The second-order valence-electron chi connectivity index (χ2n) is 5.30. The number of rotatable bonds is 5. The maximum Gasteiger partial charge on any atom is 1.00 e. The van der Waals surface area contributed by atoms with Gasteiger partial charge in [0.25, 0.3) is 10.4 Å². The van der Waals surface area contributed by atoms with Crippen LogP contribution in [-0.4, -0.2) is 74.9 Å². The molecule has 1 aromatic rings. The van der Waals surface area contributed by atoms with E-state index in [1.807, 2.05) is 0 Å². The van der Waals surface area contributed by atoms with Gasteiger partial charge >= 0.3 is 51.4 Å². The van der Waals surface area contributed by atoms with Crippen LogP contribution in [0.15, 0.2) is 23.4 Å². The summed E-state index contributed by atoms with van der Waals surface area (Å²) in [6.45, 7) is -0.669. The molecule has 0 bridgehead atoms. The number of halogens is 2. The molecule has 0 unspecified atom stereocenters. The first kappa shape index (κ1) is 27.0. The van der Waals surface area contributed by atoms with E-state index in [-0.39, 0.29) is 72.0 Å². The van der Waals surface area contributed by atoms with E-state index in [1.54, 1.807) is 0 Å². The SMILES string of the molecule is O=S(=O)([O-])O/N=C(\S[C@@H]1O[C@H](CO)[C@@H](O)[C@H](O)[C@H]1O)c1cccc(Cl)c1Cl.[K+]. The van der Waals surface area contributed by atoms with E-state index in [0.717, 1.165) is 0 Å². The van der Waals surface area contributed by atoms with E-state index in [4.69, 9.17) is 27.9 Å². The molecule has 1 fully saturated rings. The van der Waals surface area contributed by atoms with Crippen molar-refractivity contribution < 1.29 is 93.8 Å². The third-order valence-corrected chi connectivity index (χ3v) is 5.69. The topological polar surface area (TPSA) is 169 Å². The Morgan fingerprint density at radius 2 is 1.89 bits per heavy atom. The largest absolute Gasteiger partial charge is 1.00 e. The molecule has 1 saturated heterocycles. The minimum atomic E-state index is -5.20. The van der Waals surface area contributed by atoms with Gasteiger partial charge in [0.2, 0.25) is 0 Å². The van der Waals surface area contributed by atoms with E-state index < -0.39 is 46.9 Å². The summed E-state index contributed by atoms with van der Waals surface area (Å²) in [7, 11) is -5.20. The fourth-order valence-corrected chi connectivity index (χ4v) is 3.91. The molecule has 0 aliphatic carbocycles. The predicted molar refractivity (Wildman–Crippen MR) is 95.1 cm³/mol. The van der Waals surface area contributed by atoms with Crippen molar-refractivity contribution in [1.29, 1.82) is 0 Å². The van der Waals surface area contributed by atoms with E-state index in [0.29, 0.717) is 11.8 Å². The molecule has 0 amide bonds. The van der Waals surface area contributed by atoms with Crippen LogP contribution in [0.4, 0.5) is 0 Å². The van der Waals surface area contributed by atoms with Gasteiger partial charge in [0, 0.05) is 5.56 Å². The Balaban J connectivity index is 0.00000392. The van der Waals surface area contributed by atoms with Crippen molar-refractivity contribution in [1.82, 2.24) is 0 Å². The number of benzene rings is 1. The Morgan fingerprint density at radius 3 is 2.46 bits per heavy atom. The first-order valence-electron chi connectivity index (χ1n) is 7.19. The first-order valence-corrected chi connectivity index (χ1v) is 10.2. The van der Waals surface area contributed by atoms with Gasteiger partial charge in [-0.1, -0.05) is 52.3 Å². The number of oxime groups is 1. The summed E-state index contributed by atoms with van der Waals surface area (Å²) in [5.74, 6) is 0. The van der Waals surface area contributed by atoms with Gasteiger partial charge in [-0.05, 0) is 6.07 Å². The minimum absolute atomic E-state index is 0. The fourth-order valence-electron chi connectivity index (χ4n) is 2.16. The number of thioether (sulfide) groups is 1. The Hall–Kier alpha value is 0.966. The third kappa shape index (κ3) is 7.00. The van der Waals surface area contributed by atoms with Gasteiger partial charge in [0.15, 0.2) is 0 Å². The van der Waals surface area contributed by atoms with Crippen LogP contribution in [0.1, 0.15) is 5.56 Å². The van der Waals surface area contributed by atoms with Crippen LogP contribution in [0, 0.1) is 0 Å². The van der Waals surface area contributed by atoms with Crippen LogP contribution in [0.3, 0.4) is 0 Å². The molecule has 5 atom stereocenters. The van der Waals surface area contributed by atoms with Gasteiger partial charge < -0.3 is 29.7 Å². The average Bonchev–Trinajstić information content (AvgIpc) is 2.60. The first-order chi connectivity index (χ1) is 12.5. The molecule has 28 heavy (non-hydrogen) atoms. The van der Waals surface area contributed by atoms with Crippen LogP contribution < -0.4 is 51.4 Å². The average molecular weight is 502 g/mol. The molecular formula is C13H14Cl2KNO9S2. The summed E-state index contributed by atoms with van der Waals surface area (Å²) in [5, 5.41) is 41.9. The van der Waals surface area contributed by atoms with E-state index in [1.165, 1.54) is 18.2 Å². The predicted octanol–water partition coefficient (Wildman–Crippen LogP) is -3.33. The van der Waals surface area contributed by atoms with Crippen molar-refractivity contribution in [3.05, 3.63) is 33.8 Å². The molecule has 0 aromatic heterocycles. The van der Waals surface area contributed by atoms with Crippen LogP contribution in [0.2, 0.25) is 10.0 Å². The van der Waals surface area contributed by atoms with Crippen molar-refractivity contribution in [3.8, 4) is 0 Å². The molecule has 0 saturated carbocycles. The zero-order chi connectivity index (χ0) is 20.4. The molecular weight excluding hydrogens is 488 g/mol. The van der Waals surface area contributed by atoms with Crippen molar-refractivity contribution in [2.75, 3.05) is 6.61 Å². The van der Waals surface area contributed by atoms with Gasteiger partial charge in [-0.2, -0.15) is 8.42 Å². The van der Waals surface area contributed by atoms with Crippen LogP contribution in [0.25, 0.3) is 0 Å². The van der Waals surface area contributed by atoms with Crippen LogP contribution >= 0.6 is 35.0 Å². The molecule has 15 heteroatoms. The maximum absolute atomic E-state index is 10.7. The summed E-state index contributed by atoms with van der Waals surface area (Å²) < 4.78 is 41.4. The van der Waals surface area contributed by atoms with Crippen LogP contribution in [-0.2, 0) is 19.4 Å².